The molecular weight excluding hydrogens is 328 g/mol. The van der Waals surface area contributed by atoms with Crippen LogP contribution in [0, 0.1) is 0 Å². The maximum absolute atomic E-state index is 5.70. The van der Waals surface area contributed by atoms with E-state index in [0.29, 0.717) is 4.67 Å². The van der Waals surface area contributed by atoms with Crippen LogP contribution >= 0.6 is 15.9 Å². The van der Waals surface area contributed by atoms with Gasteiger partial charge in [0.05, 0.1) is 12.3 Å². The molecule has 21 heavy (non-hydrogen) atoms. The number of benzene rings is 2. The fourth-order valence-corrected chi connectivity index (χ4v) is 2.84. The fourth-order valence-electron chi connectivity index (χ4n) is 2.37. The van der Waals surface area contributed by atoms with E-state index in [1.165, 1.54) is 11.1 Å². The van der Waals surface area contributed by atoms with Crippen LogP contribution in [0.1, 0.15) is 17.2 Å². The van der Waals surface area contributed by atoms with E-state index in [1.54, 1.807) is 6.26 Å². The molecule has 2 aromatic carbocycles. The van der Waals surface area contributed by atoms with Gasteiger partial charge < -0.3 is 4.42 Å². The minimum absolute atomic E-state index is 0.108. The van der Waals surface area contributed by atoms with Crippen molar-refractivity contribution in [3.63, 3.8) is 0 Å². The molecule has 3 rings (SSSR count). The largest absolute Gasteiger partial charge is 0.457 e. The summed E-state index contributed by atoms with van der Waals surface area (Å²) in [5, 5.41) is 0. The minimum atomic E-state index is -0.108. The molecule has 3 nitrogen and oxygen atoms in total. The molecule has 0 saturated carbocycles. The Balaban J connectivity index is 1.91. The van der Waals surface area contributed by atoms with E-state index in [0.717, 1.165) is 11.1 Å². The van der Waals surface area contributed by atoms with Gasteiger partial charge >= 0.3 is 0 Å². The smallest absolute Gasteiger partial charge is 0.174 e. The highest BCUT2D eigenvalue weighted by molar-refractivity contribution is 9.10. The Bertz CT molecular complexity index is 707. The highest BCUT2D eigenvalue weighted by atomic mass is 79.9. The van der Waals surface area contributed by atoms with Crippen molar-refractivity contribution in [2.45, 2.75) is 6.04 Å². The van der Waals surface area contributed by atoms with Crippen molar-refractivity contribution in [1.29, 1.82) is 0 Å². The third-order valence-corrected chi connectivity index (χ3v) is 4.12. The zero-order chi connectivity index (χ0) is 14.7. The zero-order valence-corrected chi connectivity index (χ0v) is 12.9. The molecule has 0 saturated heterocycles. The number of hydrogen-bond donors (Lipinski definition) is 2. The maximum atomic E-state index is 5.70. The summed E-state index contributed by atoms with van der Waals surface area (Å²) < 4.78 is 5.98. The van der Waals surface area contributed by atoms with Gasteiger partial charge in [-0.25, -0.2) is 5.43 Å². The van der Waals surface area contributed by atoms with Crippen LogP contribution in [-0.2, 0) is 0 Å². The predicted octanol–water partition coefficient (Wildman–Crippen LogP) is 4.26. The van der Waals surface area contributed by atoms with Crippen molar-refractivity contribution >= 4 is 15.9 Å². The molecule has 0 aliphatic carbocycles. The molecule has 106 valence electrons. The average molecular weight is 343 g/mol. The summed E-state index contributed by atoms with van der Waals surface area (Å²) >= 11 is 3.39. The topological polar surface area (TPSA) is 51.2 Å². The number of nitrogens with two attached hydrogens (primary N) is 1. The highest BCUT2D eigenvalue weighted by Crippen LogP contribution is 2.30. The van der Waals surface area contributed by atoms with E-state index in [9.17, 15) is 0 Å². The molecule has 0 radical (unpaired) electrons. The summed E-state index contributed by atoms with van der Waals surface area (Å²) in [6, 6.07) is 20.4. The Morgan fingerprint density at radius 3 is 2.14 bits per heavy atom. The first-order valence-corrected chi connectivity index (χ1v) is 7.43. The number of nitrogens with one attached hydrogen (secondary N) is 1. The van der Waals surface area contributed by atoms with Crippen LogP contribution in [0.25, 0.3) is 11.1 Å². The van der Waals surface area contributed by atoms with Gasteiger partial charge in [-0.05, 0) is 38.7 Å². The summed E-state index contributed by atoms with van der Waals surface area (Å²) in [7, 11) is 0. The standard InChI is InChI=1S/C17H15BrN2O/c18-17-15(10-11-21-17)16(20-19)14-8-6-13(7-9-14)12-4-2-1-3-5-12/h1-11,16,20H,19H2. The van der Waals surface area contributed by atoms with Gasteiger partial charge in [-0.2, -0.15) is 0 Å². The molecule has 0 spiro atoms. The Morgan fingerprint density at radius 2 is 1.57 bits per heavy atom. The minimum Gasteiger partial charge on any atom is -0.457 e. The van der Waals surface area contributed by atoms with Gasteiger partial charge in [-0.1, -0.05) is 54.6 Å². The highest BCUT2D eigenvalue weighted by Gasteiger charge is 2.17. The van der Waals surface area contributed by atoms with Gasteiger partial charge in [0.2, 0.25) is 0 Å². The van der Waals surface area contributed by atoms with Gasteiger partial charge in [-0.3, -0.25) is 5.84 Å². The van der Waals surface area contributed by atoms with Crippen molar-refractivity contribution in [1.82, 2.24) is 5.43 Å². The van der Waals surface area contributed by atoms with Crippen molar-refractivity contribution in [3.05, 3.63) is 82.7 Å². The SMILES string of the molecule is NNC(c1ccc(-c2ccccc2)cc1)c1ccoc1Br. The number of hydrogen-bond acceptors (Lipinski definition) is 3. The third kappa shape index (κ3) is 2.93. The lowest BCUT2D eigenvalue weighted by Gasteiger charge is -2.16. The Labute approximate surface area is 131 Å². The lowest BCUT2D eigenvalue weighted by molar-refractivity contribution is 0.527. The Morgan fingerprint density at radius 1 is 0.905 bits per heavy atom. The summed E-state index contributed by atoms with van der Waals surface area (Å²) in [5.74, 6) is 5.70. The molecule has 3 N–H and O–H groups in total. The summed E-state index contributed by atoms with van der Waals surface area (Å²) in [6.07, 6.45) is 1.64. The second kappa shape index (κ2) is 6.26. The van der Waals surface area contributed by atoms with E-state index in [4.69, 9.17) is 10.3 Å². The normalized spacial score (nSPS) is 12.3. The summed E-state index contributed by atoms with van der Waals surface area (Å²) in [5.41, 5.74) is 7.27. The molecule has 0 bridgehead atoms. The van der Waals surface area contributed by atoms with Gasteiger partial charge in [0.25, 0.3) is 0 Å². The first kappa shape index (κ1) is 14.1. The van der Waals surface area contributed by atoms with Gasteiger partial charge in [0.1, 0.15) is 0 Å². The molecule has 1 atom stereocenters. The molecule has 1 aromatic heterocycles. The second-order valence-corrected chi connectivity index (χ2v) is 5.46. The summed E-state index contributed by atoms with van der Waals surface area (Å²) in [6.45, 7) is 0. The van der Waals surface area contributed by atoms with Crippen LogP contribution in [0.15, 0.2) is 76.0 Å². The molecule has 0 amide bonds. The first-order valence-electron chi connectivity index (χ1n) is 6.64. The van der Waals surface area contributed by atoms with Crippen molar-refractivity contribution in [2.75, 3.05) is 0 Å². The van der Waals surface area contributed by atoms with Gasteiger partial charge in [0, 0.05) is 5.56 Å². The van der Waals surface area contributed by atoms with E-state index < -0.39 is 0 Å². The molecular formula is C17H15BrN2O. The van der Waals surface area contributed by atoms with Crippen LogP contribution in [0.2, 0.25) is 0 Å². The number of rotatable bonds is 4. The number of furan rings is 1. The molecule has 4 heteroatoms. The molecule has 1 heterocycles. The van der Waals surface area contributed by atoms with Crippen LogP contribution in [-0.4, -0.2) is 0 Å². The number of halogens is 1. The van der Waals surface area contributed by atoms with E-state index in [1.807, 2.05) is 24.3 Å². The van der Waals surface area contributed by atoms with Crippen LogP contribution in [0.5, 0.6) is 0 Å². The van der Waals surface area contributed by atoms with Gasteiger partial charge in [-0.15, -0.1) is 0 Å². The van der Waals surface area contributed by atoms with Crippen LogP contribution < -0.4 is 11.3 Å². The maximum Gasteiger partial charge on any atom is 0.174 e. The molecule has 0 fully saturated rings. The predicted molar refractivity (Wildman–Crippen MR) is 87.5 cm³/mol. The van der Waals surface area contributed by atoms with Crippen molar-refractivity contribution < 1.29 is 4.42 Å². The molecule has 1 unspecified atom stereocenters. The van der Waals surface area contributed by atoms with E-state index >= 15 is 0 Å². The number of hydrazine groups is 1. The zero-order valence-electron chi connectivity index (χ0n) is 11.3. The lowest BCUT2D eigenvalue weighted by Crippen LogP contribution is -2.28. The van der Waals surface area contributed by atoms with Gasteiger partial charge in [0.15, 0.2) is 4.67 Å². The van der Waals surface area contributed by atoms with Crippen LogP contribution in [0.3, 0.4) is 0 Å². The van der Waals surface area contributed by atoms with Crippen molar-refractivity contribution in [3.8, 4) is 11.1 Å². The van der Waals surface area contributed by atoms with E-state index in [2.05, 4.69) is 57.8 Å². The average Bonchev–Trinajstić information content (AvgIpc) is 2.96. The molecule has 0 aliphatic heterocycles. The molecule has 0 aliphatic rings. The van der Waals surface area contributed by atoms with E-state index in [-0.39, 0.29) is 6.04 Å². The third-order valence-electron chi connectivity index (χ3n) is 3.47. The Hall–Kier alpha value is -1.88. The van der Waals surface area contributed by atoms with Crippen molar-refractivity contribution in [2.24, 2.45) is 5.84 Å². The molecule has 3 aromatic rings. The monoisotopic (exact) mass is 342 g/mol. The Kier molecular flexibility index (Phi) is 4.20. The first-order chi connectivity index (χ1) is 10.3. The van der Waals surface area contributed by atoms with Crippen LogP contribution in [0.4, 0.5) is 0 Å². The fraction of sp³-hybridized carbons (Fsp3) is 0.0588. The summed E-state index contributed by atoms with van der Waals surface area (Å²) in [4.78, 5) is 0. The lowest BCUT2D eigenvalue weighted by atomic mass is 9.98. The quantitative estimate of drug-likeness (QED) is 0.550. The second-order valence-electron chi connectivity index (χ2n) is 4.74.